The molecule has 0 atom stereocenters. The van der Waals surface area contributed by atoms with E-state index in [9.17, 15) is 0 Å². The summed E-state index contributed by atoms with van der Waals surface area (Å²) in [6, 6.07) is 6.54. The molecule has 78 valence electrons. The summed E-state index contributed by atoms with van der Waals surface area (Å²) in [5, 5.41) is 3.47. The van der Waals surface area contributed by atoms with Crippen molar-refractivity contribution in [3.63, 3.8) is 0 Å². The van der Waals surface area contributed by atoms with Crippen LogP contribution in [-0.4, -0.2) is 18.1 Å². The van der Waals surface area contributed by atoms with E-state index in [2.05, 4.69) is 44.3 Å². The van der Waals surface area contributed by atoms with E-state index in [0.717, 1.165) is 6.54 Å². The Bertz CT molecular complexity index is 284. The van der Waals surface area contributed by atoms with Crippen LogP contribution < -0.4 is 5.32 Å². The molecule has 1 nitrogen and oxygen atoms in total. The second-order valence-corrected chi connectivity index (χ2v) is 4.84. The van der Waals surface area contributed by atoms with Crippen molar-refractivity contribution in [1.82, 2.24) is 0 Å². The number of hydrogen-bond donors (Lipinski definition) is 1. The summed E-state index contributed by atoms with van der Waals surface area (Å²) in [5.74, 6) is 2.39. The molecule has 14 heavy (non-hydrogen) atoms. The van der Waals surface area contributed by atoms with Crippen LogP contribution in [0.25, 0.3) is 0 Å². The zero-order valence-corrected chi connectivity index (χ0v) is 10.1. The van der Waals surface area contributed by atoms with Crippen LogP contribution in [0.4, 0.5) is 5.69 Å². The van der Waals surface area contributed by atoms with Crippen molar-refractivity contribution in [2.45, 2.75) is 20.8 Å². The third-order valence-electron chi connectivity index (χ3n) is 2.16. The first-order valence-electron chi connectivity index (χ1n) is 5.13. The van der Waals surface area contributed by atoms with Gasteiger partial charge in [-0.25, -0.2) is 0 Å². The molecule has 0 saturated heterocycles. The minimum Gasteiger partial charge on any atom is -0.384 e. The summed E-state index contributed by atoms with van der Waals surface area (Å²) in [5.41, 5.74) is 3.93. The molecule has 0 fully saturated rings. The maximum absolute atomic E-state index is 3.47. The lowest BCUT2D eigenvalue weighted by atomic mass is 10.1. The lowest BCUT2D eigenvalue weighted by Gasteiger charge is -2.09. The highest BCUT2D eigenvalue weighted by Gasteiger charge is 1.96. The molecular formula is C12H19NS. The maximum Gasteiger partial charge on any atom is 0.0372 e. The van der Waals surface area contributed by atoms with E-state index in [1.807, 2.05) is 11.8 Å². The fraction of sp³-hybridized carbons (Fsp3) is 0.500. The molecule has 0 radical (unpaired) electrons. The van der Waals surface area contributed by atoms with Gasteiger partial charge in [0.1, 0.15) is 0 Å². The van der Waals surface area contributed by atoms with Crippen LogP contribution in [0.2, 0.25) is 0 Å². The molecule has 0 saturated carbocycles. The fourth-order valence-corrected chi connectivity index (χ4v) is 1.86. The van der Waals surface area contributed by atoms with Crippen LogP contribution in [0.5, 0.6) is 0 Å². The minimum absolute atomic E-state index is 1.06. The monoisotopic (exact) mass is 209 g/mol. The van der Waals surface area contributed by atoms with E-state index in [4.69, 9.17) is 0 Å². The second-order valence-electron chi connectivity index (χ2n) is 3.44. The van der Waals surface area contributed by atoms with Gasteiger partial charge in [0.25, 0.3) is 0 Å². The Labute approximate surface area is 91.3 Å². The minimum atomic E-state index is 1.06. The zero-order valence-electron chi connectivity index (χ0n) is 9.26. The lowest BCUT2D eigenvalue weighted by Crippen LogP contribution is -2.05. The van der Waals surface area contributed by atoms with Crippen molar-refractivity contribution in [3.05, 3.63) is 29.3 Å². The van der Waals surface area contributed by atoms with E-state index < -0.39 is 0 Å². The Morgan fingerprint density at radius 2 is 2.07 bits per heavy atom. The number of nitrogens with one attached hydrogen (secondary N) is 1. The fourth-order valence-electron chi connectivity index (χ4n) is 1.33. The Hall–Kier alpha value is -0.630. The number of hydrogen-bond acceptors (Lipinski definition) is 2. The quantitative estimate of drug-likeness (QED) is 0.745. The molecule has 0 aliphatic heterocycles. The molecule has 0 heterocycles. The van der Waals surface area contributed by atoms with E-state index >= 15 is 0 Å². The van der Waals surface area contributed by atoms with Gasteiger partial charge in [0.05, 0.1) is 0 Å². The molecule has 0 aliphatic carbocycles. The lowest BCUT2D eigenvalue weighted by molar-refractivity contribution is 1.20. The second kappa shape index (κ2) is 5.97. The van der Waals surface area contributed by atoms with Crippen LogP contribution in [0.1, 0.15) is 18.1 Å². The van der Waals surface area contributed by atoms with Crippen LogP contribution in [0.3, 0.4) is 0 Å². The first kappa shape index (κ1) is 11.4. The van der Waals surface area contributed by atoms with Crippen molar-refractivity contribution in [2.75, 3.05) is 23.4 Å². The Balaban J connectivity index is 2.45. The molecule has 2 heteroatoms. The molecule has 0 unspecified atom stereocenters. The van der Waals surface area contributed by atoms with E-state index in [1.54, 1.807) is 0 Å². The Morgan fingerprint density at radius 1 is 1.29 bits per heavy atom. The first-order chi connectivity index (χ1) is 6.74. The summed E-state index contributed by atoms with van der Waals surface area (Å²) < 4.78 is 0. The standard InChI is InChI=1S/C12H19NS/c1-4-14-8-7-13-12-9-10(2)5-6-11(12)3/h5-6,9,13H,4,7-8H2,1-3H3. The van der Waals surface area contributed by atoms with Gasteiger partial charge in [0, 0.05) is 18.0 Å². The number of benzene rings is 1. The summed E-state index contributed by atoms with van der Waals surface area (Å²) in [7, 11) is 0. The molecule has 1 rings (SSSR count). The van der Waals surface area contributed by atoms with Crippen LogP contribution >= 0.6 is 11.8 Å². The van der Waals surface area contributed by atoms with Crippen molar-refractivity contribution in [1.29, 1.82) is 0 Å². The molecule has 0 aliphatic rings. The van der Waals surface area contributed by atoms with Crippen LogP contribution in [-0.2, 0) is 0 Å². The van der Waals surface area contributed by atoms with Gasteiger partial charge in [0.15, 0.2) is 0 Å². The summed E-state index contributed by atoms with van der Waals surface area (Å²) in [4.78, 5) is 0. The summed E-state index contributed by atoms with van der Waals surface area (Å²) in [6.07, 6.45) is 0. The molecule has 1 aromatic rings. The van der Waals surface area contributed by atoms with Gasteiger partial charge in [-0.3, -0.25) is 0 Å². The third kappa shape index (κ3) is 3.62. The molecule has 1 N–H and O–H groups in total. The zero-order chi connectivity index (χ0) is 10.4. The number of anilines is 1. The predicted molar refractivity (Wildman–Crippen MR) is 67.4 cm³/mol. The predicted octanol–water partition coefficient (Wildman–Crippen LogP) is 3.47. The maximum atomic E-state index is 3.47. The molecule has 0 bridgehead atoms. The average molecular weight is 209 g/mol. The van der Waals surface area contributed by atoms with Crippen LogP contribution in [0.15, 0.2) is 18.2 Å². The number of aryl methyl sites for hydroxylation is 2. The van der Waals surface area contributed by atoms with Crippen LogP contribution in [0, 0.1) is 13.8 Å². The van der Waals surface area contributed by atoms with E-state index in [-0.39, 0.29) is 0 Å². The van der Waals surface area contributed by atoms with E-state index in [1.165, 1.54) is 28.3 Å². The number of thioether (sulfide) groups is 1. The van der Waals surface area contributed by atoms with E-state index in [0.29, 0.717) is 0 Å². The molecular weight excluding hydrogens is 190 g/mol. The van der Waals surface area contributed by atoms with Gasteiger partial charge < -0.3 is 5.32 Å². The number of rotatable bonds is 5. The Morgan fingerprint density at radius 3 is 2.79 bits per heavy atom. The van der Waals surface area contributed by atoms with Gasteiger partial charge in [-0.05, 0) is 36.8 Å². The largest absolute Gasteiger partial charge is 0.384 e. The SMILES string of the molecule is CCSCCNc1cc(C)ccc1C. The van der Waals surface area contributed by atoms with Crippen molar-refractivity contribution >= 4 is 17.4 Å². The molecule has 1 aromatic carbocycles. The van der Waals surface area contributed by atoms with Gasteiger partial charge in [0.2, 0.25) is 0 Å². The molecule has 0 aromatic heterocycles. The van der Waals surface area contributed by atoms with Crippen molar-refractivity contribution in [3.8, 4) is 0 Å². The van der Waals surface area contributed by atoms with Crippen molar-refractivity contribution < 1.29 is 0 Å². The van der Waals surface area contributed by atoms with Gasteiger partial charge in [-0.2, -0.15) is 11.8 Å². The normalized spacial score (nSPS) is 10.2. The van der Waals surface area contributed by atoms with Gasteiger partial charge in [-0.15, -0.1) is 0 Å². The van der Waals surface area contributed by atoms with Gasteiger partial charge >= 0.3 is 0 Å². The summed E-state index contributed by atoms with van der Waals surface area (Å²) >= 11 is 1.97. The average Bonchev–Trinajstić information content (AvgIpc) is 2.18. The summed E-state index contributed by atoms with van der Waals surface area (Å²) in [6.45, 7) is 7.53. The first-order valence-corrected chi connectivity index (χ1v) is 6.28. The highest BCUT2D eigenvalue weighted by atomic mass is 32.2. The van der Waals surface area contributed by atoms with Gasteiger partial charge in [-0.1, -0.05) is 19.1 Å². The smallest absolute Gasteiger partial charge is 0.0372 e. The van der Waals surface area contributed by atoms with Crippen molar-refractivity contribution in [2.24, 2.45) is 0 Å². The Kier molecular flexibility index (Phi) is 4.88. The topological polar surface area (TPSA) is 12.0 Å². The molecule has 0 amide bonds. The highest BCUT2D eigenvalue weighted by Crippen LogP contribution is 2.16. The highest BCUT2D eigenvalue weighted by molar-refractivity contribution is 7.99. The molecule has 0 spiro atoms. The third-order valence-corrected chi connectivity index (χ3v) is 3.06.